The van der Waals surface area contributed by atoms with Crippen molar-refractivity contribution in [2.45, 2.75) is 36.6 Å². The molecule has 0 amide bonds. The third-order valence-corrected chi connectivity index (χ3v) is 8.27. The van der Waals surface area contributed by atoms with Gasteiger partial charge in [0.25, 0.3) is 0 Å². The summed E-state index contributed by atoms with van der Waals surface area (Å²) in [5.41, 5.74) is 1.53. The van der Waals surface area contributed by atoms with Crippen LogP contribution in [0.15, 0.2) is 29.3 Å². The van der Waals surface area contributed by atoms with Crippen LogP contribution in [0.1, 0.15) is 31.2 Å². The van der Waals surface area contributed by atoms with Crippen LogP contribution in [0, 0.1) is 11.3 Å². The van der Waals surface area contributed by atoms with Crippen molar-refractivity contribution in [2.24, 2.45) is 0 Å². The molecule has 5 rings (SSSR count). The number of nitrogens with one attached hydrogen (secondary N) is 3. The van der Waals surface area contributed by atoms with E-state index in [9.17, 15) is 13.7 Å². The van der Waals surface area contributed by atoms with Crippen molar-refractivity contribution in [1.29, 1.82) is 5.26 Å². The predicted octanol–water partition coefficient (Wildman–Crippen LogP) is 2.96. The number of sulfonamides is 1. The smallest absolute Gasteiger partial charge is 0.243 e. The van der Waals surface area contributed by atoms with Gasteiger partial charge in [-0.05, 0) is 25.0 Å². The summed E-state index contributed by atoms with van der Waals surface area (Å²) in [4.78, 5) is 12.4. The third-order valence-electron chi connectivity index (χ3n) is 6.38. The number of nitrogens with zero attached hydrogens (tertiary/aromatic N) is 4. The molecular weight excluding hydrogens is 470 g/mol. The number of hydrogen-bond acceptors (Lipinski definition) is 9. The van der Waals surface area contributed by atoms with E-state index in [1.165, 1.54) is 23.5 Å². The highest BCUT2D eigenvalue weighted by Crippen LogP contribution is 2.33. The summed E-state index contributed by atoms with van der Waals surface area (Å²) >= 11 is 0. The van der Waals surface area contributed by atoms with Crippen LogP contribution in [0.2, 0.25) is 0 Å². The van der Waals surface area contributed by atoms with E-state index in [1.807, 2.05) is 0 Å². The van der Waals surface area contributed by atoms with Crippen LogP contribution in [0.5, 0.6) is 5.75 Å². The number of anilines is 3. The number of methoxy groups -OCH3 is 1. The molecule has 1 saturated heterocycles. The largest absolute Gasteiger partial charge is 0.495 e. The lowest BCUT2D eigenvalue weighted by Crippen LogP contribution is -2.40. The maximum Gasteiger partial charge on any atom is 0.243 e. The van der Waals surface area contributed by atoms with Crippen molar-refractivity contribution < 1.29 is 17.9 Å². The Labute approximate surface area is 203 Å². The number of morpholine rings is 1. The molecule has 35 heavy (non-hydrogen) atoms. The molecule has 1 saturated carbocycles. The first-order valence-corrected chi connectivity index (χ1v) is 13.0. The molecule has 3 aromatic rings. The number of aromatic amines is 1. The Morgan fingerprint density at radius 3 is 2.71 bits per heavy atom. The van der Waals surface area contributed by atoms with Crippen LogP contribution >= 0.6 is 0 Å². The number of nitriles is 1. The molecule has 2 aliphatic rings. The van der Waals surface area contributed by atoms with Gasteiger partial charge in [-0.15, -0.1) is 0 Å². The van der Waals surface area contributed by atoms with Crippen molar-refractivity contribution in [3.05, 3.63) is 30.0 Å². The van der Waals surface area contributed by atoms with Gasteiger partial charge in [-0.3, -0.25) is 0 Å². The normalized spacial score (nSPS) is 17.4. The van der Waals surface area contributed by atoms with Gasteiger partial charge in [0.05, 0.1) is 41.9 Å². The fourth-order valence-electron chi connectivity index (χ4n) is 4.54. The van der Waals surface area contributed by atoms with Gasteiger partial charge in [0, 0.05) is 31.4 Å². The van der Waals surface area contributed by atoms with E-state index >= 15 is 0 Å². The van der Waals surface area contributed by atoms with Crippen LogP contribution in [-0.2, 0) is 14.8 Å². The van der Waals surface area contributed by atoms with Gasteiger partial charge < -0.3 is 25.1 Å². The maximum absolute atomic E-state index is 13.0. The van der Waals surface area contributed by atoms with Crippen LogP contribution in [0.25, 0.3) is 11.0 Å². The zero-order chi connectivity index (χ0) is 24.4. The quantitative estimate of drug-likeness (QED) is 0.448. The van der Waals surface area contributed by atoms with Gasteiger partial charge in [0.15, 0.2) is 0 Å². The van der Waals surface area contributed by atoms with Gasteiger partial charge in [-0.2, -0.15) is 19.5 Å². The molecule has 11 nitrogen and oxygen atoms in total. The minimum atomic E-state index is -3.66. The van der Waals surface area contributed by atoms with E-state index in [-0.39, 0.29) is 4.90 Å². The standard InChI is InChI=1S/C23H27N7O4S/c1-33-19-12-17(35(31,32)30-8-10-34-11-9-30)6-7-18(19)27-23-28-21-20(15(13-24)14-25-21)22(29-23)26-16-4-2-3-5-16/h6-7,12,14,16H,2-5,8-11H2,1H3,(H3,25,26,27,28,29). The third kappa shape index (κ3) is 4.62. The summed E-state index contributed by atoms with van der Waals surface area (Å²) in [6.07, 6.45) is 6.04. The predicted molar refractivity (Wildman–Crippen MR) is 130 cm³/mol. The first-order chi connectivity index (χ1) is 17.0. The summed E-state index contributed by atoms with van der Waals surface area (Å²) in [6, 6.07) is 7.15. The maximum atomic E-state index is 13.0. The lowest BCUT2D eigenvalue weighted by molar-refractivity contribution is 0.0730. The molecule has 3 heterocycles. The molecule has 2 aromatic heterocycles. The Hall–Kier alpha value is -3.40. The molecule has 184 valence electrons. The minimum absolute atomic E-state index is 0.143. The van der Waals surface area contributed by atoms with E-state index in [2.05, 4.69) is 31.7 Å². The second-order valence-corrected chi connectivity index (χ2v) is 10.5. The Morgan fingerprint density at radius 1 is 1.23 bits per heavy atom. The fourth-order valence-corrected chi connectivity index (χ4v) is 5.96. The summed E-state index contributed by atoms with van der Waals surface area (Å²) < 4.78 is 38.3. The summed E-state index contributed by atoms with van der Waals surface area (Å²) in [7, 11) is -2.19. The highest BCUT2D eigenvalue weighted by Gasteiger charge is 2.27. The van der Waals surface area contributed by atoms with E-state index in [1.54, 1.807) is 12.3 Å². The SMILES string of the molecule is COc1cc(S(=O)(=O)N2CCOCC2)ccc1Nc1nc(NC2CCCC2)c2c(C#N)c[nH]c2n1. The highest BCUT2D eigenvalue weighted by molar-refractivity contribution is 7.89. The van der Waals surface area contributed by atoms with E-state index in [0.717, 1.165) is 25.7 Å². The number of rotatable bonds is 7. The number of fused-ring (bicyclic) bond motifs is 1. The number of hydrogen-bond donors (Lipinski definition) is 3. The van der Waals surface area contributed by atoms with Gasteiger partial charge in [-0.25, -0.2) is 8.42 Å². The minimum Gasteiger partial charge on any atom is -0.495 e. The number of ether oxygens (including phenoxy) is 2. The first kappa shape index (κ1) is 23.3. The van der Waals surface area contributed by atoms with E-state index in [4.69, 9.17) is 9.47 Å². The van der Waals surface area contributed by atoms with Gasteiger partial charge in [-0.1, -0.05) is 12.8 Å². The molecular formula is C23H27N7O4S. The van der Waals surface area contributed by atoms with Crippen LogP contribution in [0.4, 0.5) is 17.5 Å². The van der Waals surface area contributed by atoms with Crippen LogP contribution in [-0.4, -0.2) is 67.1 Å². The molecule has 2 fully saturated rings. The van der Waals surface area contributed by atoms with Gasteiger partial charge in [0.2, 0.25) is 16.0 Å². The molecule has 1 aliphatic heterocycles. The fraction of sp³-hybridized carbons (Fsp3) is 0.435. The lowest BCUT2D eigenvalue weighted by Gasteiger charge is -2.26. The zero-order valence-electron chi connectivity index (χ0n) is 19.4. The van der Waals surface area contributed by atoms with Crippen molar-refractivity contribution in [1.82, 2.24) is 19.3 Å². The van der Waals surface area contributed by atoms with E-state index in [0.29, 0.717) is 72.1 Å². The molecule has 1 aromatic carbocycles. The topological polar surface area (TPSA) is 145 Å². The average Bonchev–Trinajstić information content (AvgIpc) is 3.54. The average molecular weight is 498 g/mol. The van der Waals surface area contributed by atoms with Gasteiger partial charge in [0.1, 0.15) is 23.3 Å². The van der Waals surface area contributed by atoms with Crippen molar-refractivity contribution >= 4 is 38.5 Å². The lowest BCUT2D eigenvalue weighted by atomic mass is 10.2. The van der Waals surface area contributed by atoms with E-state index < -0.39 is 10.0 Å². The van der Waals surface area contributed by atoms with Crippen LogP contribution < -0.4 is 15.4 Å². The van der Waals surface area contributed by atoms with Crippen molar-refractivity contribution in [2.75, 3.05) is 44.0 Å². The monoisotopic (exact) mass is 497 g/mol. The molecule has 0 spiro atoms. The second kappa shape index (κ2) is 9.69. The van der Waals surface area contributed by atoms with Crippen molar-refractivity contribution in [3.8, 4) is 11.8 Å². The molecule has 0 radical (unpaired) electrons. The number of H-pyrrole nitrogens is 1. The highest BCUT2D eigenvalue weighted by atomic mass is 32.2. The second-order valence-electron chi connectivity index (χ2n) is 8.56. The van der Waals surface area contributed by atoms with Crippen LogP contribution in [0.3, 0.4) is 0 Å². The summed E-state index contributed by atoms with van der Waals surface area (Å²) in [6.45, 7) is 1.38. The Morgan fingerprint density at radius 2 is 2.00 bits per heavy atom. The summed E-state index contributed by atoms with van der Waals surface area (Å²) in [5.74, 6) is 1.23. The molecule has 0 atom stereocenters. The molecule has 3 N–H and O–H groups in total. The Balaban J connectivity index is 1.47. The molecule has 0 unspecified atom stereocenters. The van der Waals surface area contributed by atoms with Crippen molar-refractivity contribution in [3.63, 3.8) is 0 Å². The zero-order valence-corrected chi connectivity index (χ0v) is 20.2. The summed E-state index contributed by atoms with van der Waals surface area (Å²) in [5, 5.41) is 16.8. The Kier molecular flexibility index (Phi) is 6.46. The number of aromatic nitrogens is 3. The Bertz CT molecular complexity index is 1370. The number of benzene rings is 1. The molecule has 1 aliphatic carbocycles. The molecule has 12 heteroatoms. The van der Waals surface area contributed by atoms with Gasteiger partial charge >= 0.3 is 0 Å². The molecule has 0 bridgehead atoms. The first-order valence-electron chi connectivity index (χ1n) is 11.6.